The summed E-state index contributed by atoms with van der Waals surface area (Å²) in [6, 6.07) is 0. The average molecular weight is 234 g/mol. The SMILES string of the molecule is CCOC(=O)C1CCN(CS(=O)[O-])CC1. The minimum absolute atomic E-state index is 0.0544. The number of ether oxygens (including phenoxy) is 1. The van der Waals surface area contributed by atoms with Crippen LogP contribution in [0.15, 0.2) is 0 Å². The molecule has 1 aliphatic heterocycles. The largest absolute Gasteiger partial charge is 0.771 e. The van der Waals surface area contributed by atoms with E-state index in [1.807, 2.05) is 4.90 Å². The lowest BCUT2D eigenvalue weighted by Gasteiger charge is -2.31. The van der Waals surface area contributed by atoms with Crippen LogP contribution in [0.5, 0.6) is 0 Å². The Morgan fingerprint density at radius 1 is 1.53 bits per heavy atom. The van der Waals surface area contributed by atoms with Crippen LogP contribution in [0.25, 0.3) is 0 Å². The van der Waals surface area contributed by atoms with Gasteiger partial charge in [0.2, 0.25) is 0 Å². The first-order chi connectivity index (χ1) is 7.13. The first-order valence-corrected chi connectivity index (χ1v) is 6.32. The monoisotopic (exact) mass is 234 g/mol. The van der Waals surface area contributed by atoms with E-state index in [0.717, 1.165) is 0 Å². The molecule has 0 aliphatic carbocycles. The summed E-state index contributed by atoms with van der Waals surface area (Å²) in [5.41, 5.74) is 0. The van der Waals surface area contributed by atoms with Crippen LogP contribution in [-0.2, 0) is 20.6 Å². The van der Waals surface area contributed by atoms with Crippen LogP contribution >= 0.6 is 0 Å². The van der Waals surface area contributed by atoms with Crippen molar-refractivity contribution in [3.8, 4) is 0 Å². The molecule has 0 aromatic rings. The topological polar surface area (TPSA) is 69.7 Å². The second-order valence-corrected chi connectivity index (χ2v) is 4.44. The Morgan fingerprint density at radius 2 is 2.13 bits per heavy atom. The third-order valence-electron chi connectivity index (χ3n) is 2.50. The molecule has 1 unspecified atom stereocenters. The third-order valence-corrected chi connectivity index (χ3v) is 3.07. The van der Waals surface area contributed by atoms with Crippen LogP contribution in [0.2, 0.25) is 0 Å². The Labute approximate surface area is 92.1 Å². The van der Waals surface area contributed by atoms with Gasteiger partial charge >= 0.3 is 5.97 Å². The van der Waals surface area contributed by atoms with Crippen molar-refractivity contribution in [2.24, 2.45) is 5.92 Å². The van der Waals surface area contributed by atoms with Gasteiger partial charge in [-0.3, -0.25) is 13.9 Å². The Kier molecular flexibility index (Phi) is 5.21. The quantitative estimate of drug-likeness (QED) is 0.509. The predicted molar refractivity (Wildman–Crippen MR) is 54.7 cm³/mol. The maximum Gasteiger partial charge on any atom is 0.309 e. The first kappa shape index (κ1) is 12.6. The van der Waals surface area contributed by atoms with Crippen LogP contribution in [0.4, 0.5) is 0 Å². The predicted octanol–water partition coefficient (Wildman–Crippen LogP) is 0.0981. The summed E-state index contributed by atoms with van der Waals surface area (Å²) < 4.78 is 25.8. The summed E-state index contributed by atoms with van der Waals surface area (Å²) in [5, 5.41) is 0. The third kappa shape index (κ3) is 4.27. The van der Waals surface area contributed by atoms with Gasteiger partial charge in [-0.1, -0.05) is 0 Å². The van der Waals surface area contributed by atoms with Gasteiger partial charge in [0.05, 0.1) is 18.4 Å². The summed E-state index contributed by atoms with van der Waals surface area (Å²) in [7, 11) is 0. The highest BCUT2D eigenvalue weighted by atomic mass is 32.2. The van der Waals surface area contributed by atoms with Gasteiger partial charge in [-0.2, -0.15) is 0 Å². The summed E-state index contributed by atoms with van der Waals surface area (Å²) in [6.45, 7) is 3.49. The van der Waals surface area contributed by atoms with Gasteiger partial charge in [-0.05, 0) is 43.9 Å². The van der Waals surface area contributed by atoms with Crippen molar-refractivity contribution in [3.05, 3.63) is 0 Å². The number of nitrogens with zero attached hydrogens (tertiary/aromatic N) is 1. The van der Waals surface area contributed by atoms with Gasteiger partial charge < -0.3 is 9.29 Å². The molecule has 1 fully saturated rings. The molecule has 5 nitrogen and oxygen atoms in total. The fourth-order valence-electron chi connectivity index (χ4n) is 1.71. The smallest absolute Gasteiger partial charge is 0.309 e. The van der Waals surface area contributed by atoms with E-state index in [2.05, 4.69) is 0 Å². The van der Waals surface area contributed by atoms with Gasteiger partial charge in [0.25, 0.3) is 0 Å². The molecule has 0 N–H and O–H groups in total. The molecule has 1 rings (SSSR count). The van der Waals surface area contributed by atoms with Crippen molar-refractivity contribution in [2.45, 2.75) is 19.8 Å². The van der Waals surface area contributed by atoms with Crippen LogP contribution in [-0.4, -0.2) is 45.2 Å². The van der Waals surface area contributed by atoms with Crippen LogP contribution in [0.1, 0.15) is 19.8 Å². The Bertz CT molecular complexity index is 238. The van der Waals surface area contributed by atoms with Crippen LogP contribution in [0.3, 0.4) is 0 Å². The first-order valence-electron chi connectivity index (χ1n) is 5.08. The molecular weight excluding hydrogens is 218 g/mol. The number of rotatable bonds is 4. The Balaban J connectivity index is 2.29. The molecule has 0 spiro atoms. The molecule has 6 heteroatoms. The number of hydrogen-bond acceptors (Lipinski definition) is 5. The van der Waals surface area contributed by atoms with Crippen molar-refractivity contribution in [2.75, 3.05) is 25.6 Å². The number of hydrogen-bond donors (Lipinski definition) is 0. The summed E-state index contributed by atoms with van der Waals surface area (Å²) in [6.07, 6.45) is 1.38. The lowest BCUT2D eigenvalue weighted by Crippen LogP contribution is -2.38. The van der Waals surface area contributed by atoms with Crippen molar-refractivity contribution in [1.82, 2.24) is 4.90 Å². The summed E-state index contributed by atoms with van der Waals surface area (Å²) >= 11 is -2.03. The molecule has 15 heavy (non-hydrogen) atoms. The molecule has 0 bridgehead atoms. The van der Waals surface area contributed by atoms with Gasteiger partial charge in [-0.15, -0.1) is 0 Å². The fourth-order valence-corrected chi connectivity index (χ4v) is 2.26. The number of esters is 1. The maximum absolute atomic E-state index is 11.4. The zero-order chi connectivity index (χ0) is 11.3. The van der Waals surface area contributed by atoms with E-state index in [1.165, 1.54) is 0 Å². The maximum atomic E-state index is 11.4. The molecule has 0 aromatic carbocycles. The summed E-state index contributed by atoms with van der Waals surface area (Å²) in [4.78, 5) is 13.2. The number of piperidine rings is 1. The van der Waals surface area contributed by atoms with Crippen molar-refractivity contribution >= 4 is 17.0 Å². The lowest BCUT2D eigenvalue weighted by atomic mass is 9.97. The highest BCUT2D eigenvalue weighted by Crippen LogP contribution is 2.18. The van der Waals surface area contributed by atoms with E-state index in [4.69, 9.17) is 4.74 Å². The zero-order valence-corrected chi connectivity index (χ0v) is 9.62. The lowest BCUT2D eigenvalue weighted by molar-refractivity contribution is -0.149. The van der Waals surface area contributed by atoms with E-state index in [1.54, 1.807) is 6.92 Å². The van der Waals surface area contributed by atoms with Gasteiger partial charge in [0.15, 0.2) is 0 Å². The molecular formula is C9H16NO4S-. The Morgan fingerprint density at radius 3 is 2.60 bits per heavy atom. The van der Waals surface area contributed by atoms with E-state index in [-0.39, 0.29) is 17.8 Å². The Hall–Kier alpha value is -0.460. The average Bonchev–Trinajstić information content (AvgIpc) is 2.18. The minimum atomic E-state index is -2.03. The minimum Gasteiger partial charge on any atom is -0.771 e. The van der Waals surface area contributed by atoms with Crippen molar-refractivity contribution in [1.29, 1.82) is 0 Å². The molecule has 1 saturated heterocycles. The number of likely N-dealkylation sites (tertiary alicyclic amines) is 1. The summed E-state index contributed by atoms with van der Waals surface area (Å²) in [5.74, 6) is -0.142. The second kappa shape index (κ2) is 6.19. The van der Waals surface area contributed by atoms with Gasteiger partial charge in [0, 0.05) is 0 Å². The number of carbonyl (C=O) groups is 1. The standard InChI is InChI=1S/C9H17NO4S/c1-2-14-9(11)8-3-5-10(6-4-8)7-15(12)13/h8H,2-7H2,1H3,(H,12,13)/p-1. The highest BCUT2D eigenvalue weighted by molar-refractivity contribution is 7.79. The second-order valence-electron chi connectivity index (χ2n) is 3.58. The number of carbonyl (C=O) groups excluding carboxylic acids is 1. The molecule has 0 aromatic heterocycles. The van der Waals surface area contributed by atoms with Gasteiger partial charge in [0.1, 0.15) is 0 Å². The highest BCUT2D eigenvalue weighted by Gasteiger charge is 2.25. The fraction of sp³-hybridized carbons (Fsp3) is 0.889. The van der Waals surface area contributed by atoms with E-state index in [9.17, 15) is 13.6 Å². The van der Waals surface area contributed by atoms with E-state index >= 15 is 0 Å². The molecule has 1 heterocycles. The molecule has 0 amide bonds. The van der Waals surface area contributed by atoms with E-state index in [0.29, 0.717) is 32.5 Å². The van der Waals surface area contributed by atoms with Crippen LogP contribution in [0, 0.1) is 5.92 Å². The zero-order valence-electron chi connectivity index (χ0n) is 8.81. The molecule has 1 atom stereocenters. The molecule has 88 valence electrons. The molecule has 1 aliphatic rings. The van der Waals surface area contributed by atoms with Gasteiger partial charge in [-0.25, -0.2) is 0 Å². The van der Waals surface area contributed by atoms with E-state index < -0.39 is 11.1 Å². The normalized spacial score (nSPS) is 21.2. The molecule has 0 saturated carbocycles. The van der Waals surface area contributed by atoms with Crippen molar-refractivity contribution in [3.63, 3.8) is 0 Å². The molecule has 0 radical (unpaired) electrons. The van der Waals surface area contributed by atoms with Crippen molar-refractivity contribution < 1.29 is 18.3 Å². The van der Waals surface area contributed by atoms with Crippen LogP contribution < -0.4 is 0 Å².